The van der Waals surface area contributed by atoms with Crippen LogP contribution in [0.25, 0.3) is 0 Å². The second kappa shape index (κ2) is 32.8. The average molecular weight is 679 g/mol. The van der Waals surface area contributed by atoms with E-state index in [-0.39, 0.29) is 25.2 Å². The average Bonchev–Trinajstić information content (AvgIpc) is 3.83. The number of hydrogen-bond acceptors (Lipinski definition) is 6. The molecule has 0 aliphatic carbocycles. The Bertz CT molecular complexity index is 765. The van der Waals surface area contributed by atoms with Crippen LogP contribution in [0.5, 0.6) is 0 Å². The van der Waals surface area contributed by atoms with Crippen LogP contribution in [0.2, 0.25) is 0 Å². The first-order chi connectivity index (χ1) is 23.5. The van der Waals surface area contributed by atoms with E-state index in [4.69, 9.17) is 14.2 Å². The van der Waals surface area contributed by atoms with Crippen molar-refractivity contribution in [2.45, 2.75) is 225 Å². The third-order valence-corrected chi connectivity index (χ3v) is 9.66. The van der Waals surface area contributed by atoms with Crippen LogP contribution in [-0.2, 0) is 23.8 Å². The number of aliphatic hydroxyl groups is 1. The van der Waals surface area contributed by atoms with Crippen LogP contribution in [0.4, 0.5) is 0 Å². The Morgan fingerprint density at radius 1 is 0.646 bits per heavy atom. The van der Waals surface area contributed by atoms with Crippen molar-refractivity contribution in [3.63, 3.8) is 0 Å². The van der Waals surface area contributed by atoms with Gasteiger partial charge in [0.25, 0.3) is 0 Å². The number of hydrogen-bond donors (Lipinski definition) is 1. The number of ether oxygens (including phenoxy) is 3. The van der Waals surface area contributed by atoms with Crippen molar-refractivity contribution < 1.29 is 28.9 Å². The Hall–Kier alpha value is -1.40. The molecule has 282 valence electrons. The first-order valence-electron chi connectivity index (χ1n) is 20.7. The van der Waals surface area contributed by atoms with E-state index >= 15 is 0 Å². The maximum Gasteiger partial charge on any atom is 0.306 e. The summed E-state index contributed by atoms with van der Waals surface area (Å²) in [7, 11) is 0. The Balaban J connectivity index is 1.86. The fourth-order valence-corrected chi connectivity index (χ4v) is 6.39. The predicted molar refractivity (Wildman–Crippen MR) is 200 cm³/mol. The molecule has 1 rings (SSSR count). The summed E-state index contributed by atoms with van der Waals surface area (Å²) in [4.78, 5) is 24.3. The van der Waals surface area contributed by atoms with Crippen molar-refractivity contribution in [2.75, 3.05) is 13.2 Å². The van der Waals surface area contributed by atoms with Crippen molar-refractivity contribution >= 4 is 11.9 Å². The van der Waals surface area contributed by atoms with E-state index in [0.29, 0.717) is 25.0 Å². The minimum Gasteiger partial charge on any atom is -0.462 e. The molecular formula is C42H78O6. The number of rotatable bonds is 36. The molecule has 1 N–H and O–H groups in total. The molecule has 0 amide bonds. The summed E-state index contributed by atoms with van der Waals surface area (Å²) in [6.07, 6.45) is 38.7. The number of epoxide rings is 1. The first-order valence-corrected chi connectivity index (χ1v) is 20.7. The summed E-state index contributed by atoms with van der Waals surface area (Å²) < 4.78 is 16.4. The smallest absolute Gasteiger partial charge is 0.306 e. The standard InChI is InChI=1S/C42H78O6/c1-4-5-6-7-21-26-31-39-40(48-39)32-27-22-19-24-28-33-41(44)46-36-38(35-43)47-42(45)34-29-23-18-16-14-12-10-8-9-11-13-15-17-20-25-30-37(2)3/h21,26,37-40,43H,4-20,22-25,27-36H2,1-3H3/b26-21-/t38-,39?,40?/m0/s1. The second-order valence-corrected chi connectivity index (χ2v) is 14.9. The monoisotopic (exact) mass is 679 g/mol. The number of unbranched alkanes of at least 4 members (excludes halogenated alkanes) is 21. The highest BCUT2D eigenvalue weighted by atomic mass is 16.6. The minimum atomic E-state index is -0.777. The van der Waals surface area contributed by atoms with Gasteiger partial charge in [0.2, 0.25) is 0 Å². The van der Waals surface area contributed by atoms with Crippen molar-refractivity contribution in [2.24, 2.45) is 5.92 Å². The number of allylic oxidation sites excluding steroid dienone is 1. The van der Waals surface area contributed by atoms with Crippen LogP contribution >= 0.6 is 0 Å². The summed E-state index contributed by atoms with van der Waals surface area (Å²) in [5.74, 6) is 0.247. The van der Waals surface area contributed by atoms with Gasteiger partial charge in [-0.15, -0.1) is 0 Å². The topological polar surface area (TPSA) is 85.4 Å². The van der Waals surface area contributed by atoms with Crippen LogP contribution in [0.3, 0.4) is 0 Å². The molecule has 48 heavy (non-hydrogen) atoms. The fraction of sp³-hybridized carbons (Fsp3) is 0.905. The van der Waals surface area contributed by atoms with Gasteiger partial charge < -0.3 is 19.3 Å². The van der Waals surface area contributed by atoms with E-state index in [1.54, 1.807) is 0 Å². The number of esters is 2. The van der Waals surface area contributed by atoms with Gasteiger partial charge in [-0.1, -0.05) is 168 Å². The van der Waals surface area contributed by atoms with E-state index in [9.17, 15) is 14.7 Å². The lowest BCUT2D eigenvalue weighted by molar-refractivity contribution is -0.161. The number of carbonyl (C=O) groups is 2. The molecule has 0 bridgehead atoms. The van der Waals surface area contributed by atoms with Crippen LogP contribution in [0.1, 0.15) is 207 Å². The Labute approximate surface area is 296 Å². The minimum absolute atomic E-state index is 0.0734. The molecule has 0 spiro atoms. The highest BCUT2D eigenvalue weighted by Gasteiger charge is 2.36. The molecule has 0 aromatic heterocycles. The van der Waals surface area contributed by atoms with Gasteiger partial charge >= 0.3 is 11.9 Å². The predicted octanol–water partition coefficient (Wildman–Crippen LogP) is 11.7. The Morgan fingerprint density at radius 2 is 1.17 bits per heavy atom. The number of aliphatic hydroxyl groups excluding tert-OH is 1. The van der Waals surface area contributed by atoms with E-state index in [2.05, 4.69) is 32.9 Å². The summed E-state index contributed by atoms with van der Waals surface area (Å²) in [5, 5.41) is 9.57. The zero-order valence-electron chi connectivity index (χ0n) is 31.9. The SMILES string of the molecule is CCCCC/C=C\CC1OC1CCCCCCCC(=O)OC[C@H](CO)OC(=O)CCCCCCCCCCCCCCCCCC(C)C. The van der Waals surface area contributed by atoms with Gasteiger partial charge in [0.05, 0.1) is 18.8 Å². The molecule has 1 aliphatic rings. The van der Waals surface area contributed by atoms with E-state index in [1.165, 1.54) is 116 Å². The van der Waals surface area contributed by atoms with Crippen LogP contribution in [0.15, 0.2) is 12.2 Å². The van der Waals surface area contributed by atoms with Crippen LogP contribution < -0.4 is 0 Å². The van der Waals surface area contributed by atoms with Crippen molar-refractivity contribution in [3.8, 4) is 0 Å². The maximum atomic E-state index is 12.2. The molecule has 0 saturated carbocycles. The molecule has 6 heteroatoms. The molecule has 1 aliphatic heterocycles. The van der Waals surface area contributed by atoms with E-state index < -0.39 is 6.10 Å². The molecule has 1 saturated heterocycles. The van der Waals surface area contributed by atoms with Crippen molar-refractivity contribution in [3.05, 3.63) is 12.2 Å². The molecule has 1 heterocycles. The van der Waals surface area contributed by atoms with Crippen molar-refractivity contribution in [1.29, 1.82) is 0 Å². The lowest BCUT2D eigenvalue weighted by atomic mass is 10.0. The van der Waals surface area contributed by atoms with Gasteiger partial charge in [-0.2, -0.15) is 0 Å². The molecule has 0 radical (unpaired) electrons. The normalized spacial score (nSPS) is 16.5. The molecule has 3 atom stereocenters. The Morgan fingerprint density at radius 3 is 1.71 bits per heavy atom. The highest BCUT2D eigenvalue weighted by Crippen LogP contribution is 2.30. The van der Waals surface area contributed by atoms with Gasteiger partial charge in [0, 0.05) is 12.8 Å². The quantitative estimate of drug-likeness (QED) is 0.0307. The van der Waals surface area contributed by atoms with Crippen LogP contribution in [0, 0.1) is 5.92 Å². The first kappa shape index (κ1) is 44.6. The largest absolute Gasteiger partial charge is 0.462 e. The lowest BCUT2D eigenvalue weighted by Gasteiger charge is -2.15. The molecular weight excluding hydrogens is 600 g/mol. The third-order valence-electron chi connectivity index (χ3n) is 9.66. The zero-order chi connectivity index (χ0) is 34.9. The summed E-state index contributed by atoms with van der Waals surface area (Å²) in [6.45, 7) is 6.46. The maximum absolute atomic E-state index is 12.2. The Kier molecular flexibility index (Phi) is 30.5. The molecule has 1 fully saturated rings. The number of carbonyl (C=O) groups excluding carboxylic acids is 2. The highest BCUT2D eigenvalue weighted by molar-refractivity contribution is 5.70. The van der Waals surface area contributed by atoms with E-state index in [1.807, 2.05) is 0 Å². The van der Waals surface area contributed by atoms with Crippen molar-refractivity contribution in [1.82, 2.24) is 0 Å². The van der Waals surface area contributed by atoms with E-state index in [0.717, 1.165) is 63.7 Å². The molecule has 0 aromatic carbocycles. The lowest BCUT2D eigenvalue weighted by Crippen LogP contribution is -2.28. The van der Waals surface area contributed by atoms with Gasteiger partial charge in [-0.05, 0) is 44.4 Å². The molecule has 6 nitrogen and oxygen atoms in total. The van der Waals surface area contributed by atoms with Gasteiger partial charge in [-0.25, -0.2) is 0 Å². The fourth-order valence-electron chi connectivity index (χ4n) is 6.39. The summed E-state index contributed by atoms with van der Waals surface area (Å²) in [6, 6.07) is 0. The summed E-state index contributed by atoms with van der Waals surface area (Å²) in [5.41, 5.74) is 0. The summed E-state index contributed by atoms with van der Waals surface area (Å²) >= 11 is 0. The van der Waals surface area contributed by atoms with Gasteiger partial charge in [-0.3, -0.25) is 9.59 Å². The molecule has 2 unspecified atom stereocenters. The zero-order valence-corrected chi connectivity index (χ0v) is 31.9. The second-order valence-electron chi connectivity index (χ2n) is 14.9. The van der Waals surface area contributed by atoms with Gasteiger partial charge in [0.1, 0.15) is 6.61 Å². The van der Waals surface area contributed by atoms with Gasteiger partial charge in [0.15, 0.2) is 6.10 Å². The third kappa shape index (κ3) is 29.5. The van der Waals surface area contributed by atoms with Crippen LogP contribution in [-0.4, -0.2) is 48.6 Å². The molecule has 0 aromatic rings.